The molecule has 6 rings (SSSR count). The lowest BCUT2D eigenvalue weighted by atomic mass is 10.0. The van der Waals surface area contributed by atoms with Crippen LogP contribution in [0.4, 0.5) is 14.5 Å². The van der Waals surface area contributed by atoms with Crippen molar-refractivity contribution >= 4 is 26.7 Å². The molecule has 0 amide bonds. The van der Waals surface area contributed by atoms with E-state index in [1.165, 1.54) is 18.2 Å². The van der Waals surface area contributed by atoms with Gasteiger partial charge >= 0.3 is 0 Å². The number of sulfonamides is 1. The van der Waals surface area contributed by atoms with Crippen LogP contribution in [0, 0.1) is 11.6 Å². The SMILES string of the molecule is CC(C)S(=O)(=O)Nc1cc(-c2ccc(F)cc2F)cc(-n2cnc3cc(-c4cnn(CCN5CCOCC5)c4)ccc32)c1. The molecule has 9 nitrogen and oxygen atoms in total. The van der Waals surface area contributed by atoms with Crippen molar-refractivity contribution in [1.82, 2.24) is 24.2 Å². The van der Waals surface area contributed by atoms with Crippen LogP contribution in [0.25, 0.3) is 39.0 Å². The predicted octanol–water partition coefficient (Wildman–Crippen LogP) is 5.32. The average Bonchev–Trinajstić information content (AvgIpc) is 3.63. The van der Waals surface area contributed by atoms with Gasteiger partial charge in [-0.25, -0.2) is 22.2 Å². The average molecular weight is 607 g/mol. The van der Waals surface area contributed by atoms with E-state index in [2.05, 4.69) is 19.7 Å². The van der Waals surface area contributed by atoms with Gasteiger partial charge in [0.2, 0.25) is 10.0 Å². The van der Waals surface area contributed by atoms with Gasteiger partial charge < -0.3 is 4.74 Å². The fraction of sp³-hybridized carbons (Fsp3) is 0.290. The first-order chi connectivity index (χ1) is 20.7. The van der Waals surface area contributed by atoms with Crippen molar-refractivity contribution in [2.75, 3.05) is 37.6 Å². The second kappa shape index (κ2) is 11.9. The van der Waals surface area contributed by atoms with Gasteiger partial charge in [0.1, 0.15) is 18.0 Å². The maximum Gasteiger partial charge on any atom is 0.235 e. The third kappa shape index (κ3) is 6.31. The molecule has 224 valence electrons. The summed E-state index contributed by atoms with van der Waals surface area (Å²) in [6.07, 6.45) is 5.50. The quantitative estimate of drug-likeness (QED) is 0.244. The Balaban J connectivity index is 1.32. The molecule has 3 aromatic carbocycles. The van der Waals surface area contributed by atoms with Crippen LogP contribution in [0.2, 0.25) is 0 Å². The number of hydrogen-bond donors (Lipinski definition) is 1. The molecule has 1 N–H and O–H groups in total. The second-order valence-electron chi connectivity index (χ2n) is 10.9. The van der Waals surface area contributed by atoms with Crippen LogP contribution in [0.5, 0.6) is 0 Å². The lowest BCUT2D eigenvalue weighted by Crippen LogP contribution is -2.38. The van der Waals surface area contributed by atoms with Crippen molar-refractivity contribution < 1.29 is 21.9 Å². The number of hydrogen-bond acceptors (Lipinski definition) is 6. The predicted molar refractivity (Wildman–Crippen MR) is 163 cm³/mol. The Morgan fingerprint density at radius 3 is 2.53 bits per heavy atom. The number of nitrogens with one attached hydrogen (secondary N) is 1. The highest BCUT2D eigenvalue weighted by atomic mass is 32.2. The van der Waals surface area contributed by atoms with Gasteiger partial charge in [0.15, 0.2) is 0 Å². The number of aromatic nitrogens is 4. The number of ether oxygens (including phenoxy) is 1. The lowest BCUT2D eigenvalue weighted by Gasteiger charge is -2.26. The minimum Gasteiger partial charge on any atom is -0.379 e. The highest BCUT2D eigenvalue weighted by Gasteiger charge is 2.19. The Morgan fingerprint density at radius 1 is 0.953 bits per heavy atom. The molecule has 5 aromatic rings. The standard InChI is InChI=1S/C31H32F2N6O3S/c1-21(2)43(40,41)36-26-13-23(28-5-4-25(32)16-29(28)33)14-27(17-26)39-20-34-30-15-22(3-6-31(30)39)24-18-35-38(19-24)8-7-37-9-11-42-12-10-37/h3-6,13-21,36H,7-12H2,1-2H3. The van der Waals surface area contributed by atoms with E-state index < -0.39 is 26.9 Å². The van der Waals surface area contributed by atoms with E-state index in [1.54, 1.807) is 32.3 Å². The summed E-state index contributed by atoms with van der Waals surface area (Å²) in [7, 11) is -3.68. The largest absolute Gasteiger partial charge is 0.379 e. The first-order valence-electron chi connectivity index (χ1n) is 14.1. The van der Waals surface area contributed by atoms with Crippen molar-refractivity contribution in [2.24, 2.45) is 0 Å². The Bertz CT molecular complexity index is 1880. The Morgan fingerprint density at radius 2 is 1.77 bits per heavy atom. The monoisotopic (exact) mass is 606 g/mol. The molecule has 0 spiro atoms. The smallest absolute Gasteiger partial charge is 0.235 e. The topological polar surface area (TPSA) is 94.3 Å². The molecule has 43 heavy (non-hydrogen) atoms. The van der Waals surface area contributed by atoms with Crippen LogP contribution in [0.1, 0.15) is 13.8 Å². The van der Waals surface area contributed by atoms with Crippen molar-refractivity contribution in [3.05, 3.63) is 85.0 Å². The van der Waals surface area contributed by atoms with E-state index >= 15 is 0 Å². The number of benzene rings is 3. The van der Waals surface area contributed by atoms with Crippen molar-refractivity contribution in [1.29, 1.82) is 0 Å². The second-order valence-corrected chi connectivity index (χ2v) is 13.1. The number of imidazole rings is 1. The summed E-state index contributed by atoms with van der Waals surface area (Å²) in [5.74, 6) is -1.45. The van der Waals surface area contributed by atoms with Crippen molar-refractivity contribution in [3.63, 3.8) is 0 Å². The molecule has 3 heterocycles. The Labute approximate surface area is 248 Å². The highest BCUT2D eigenvalue weighted by molar-refractivity contribution is 7.93. The number of rotatable bonds is 9. The zero-order chi connectivity index (χ0) is 30.1. The summed E-state index contributed by atoms with van der Waals surface area (Å²) < 4.78 is 65.6. The highest BCUT2D eigenvalue weighted by Crippen LogP contribution is 2.32. The molecule has 0 bridgehead atoms. The zero-order valence-electron chi connectivity index (χ0n) is 23.9. The fourth-order valence-electron chi connectivity index (χ4n) is 5.07. The third-order valence-electron chi connectivity index (χ3n) is 7.58. The minimum atomic E-state index is -3.68. The third-order valence-corrected chi connectivity index (χ3v) is 9.34. The molecule has 1 aliphatic heterocycles. The molecule has 12 heteroatoms. The van der Waals surface area contributed by atoms with E-state index in [0.717, 1.165) is 67.6 Å². The van der Waals surface area contributed by atoms with Gasteiger partial charge in [0.05, 0.1) is 47.9 Å². The van der Waals surface area contributed by atoms with Gasteiger partial charge in [-0.15, -0.1) is 0 Å². The summed E-state index contributed by atoms with van der Waals surface area (Å²) >= 11 is 0. The van der Waals surface area contributed by atoms with Gasteiger partial charge in [-0.05, 0) is 67.4 Å². The summed E-state index contributed by atoms with van der Waals surface area (Å²) in [6.45, 7) is 8.22. The van der Waals surface area contributed by atoms with Crippen LogP contribution in [-0.4, -0.2) is 70.7 Å². The molecule has 1 fully saturated rings. The van der Waals surface area contributed by atoms with E-state index in [0.29, 0.717) is 11.3 Å². The first-order valence-corrected chi connectivity index (χ1v) is 15.6. The van der Waals surface area contributed by atoms with Crippen LogP contribution in [-0.2, 0) is 21.3 Å². The zero-order valence-corrected chi connectivity index (χ0v) is 24.7. The lowest BCUT2D eigenvalue weighted by molar-refractivity contribution is 0.0360. The summed E-state index contributed by atoms with van der Waals surface area (Å²) in [4.78, 5) is 6.97. The number of halogens is 2. The van der Waals surface area contributed by atoms with Gasteiger partial charge in [0, 0.05) is 48.7 Å². The minimum absolute atomic E-state index is 0.144. The van der Waals surface area contributed by atoms with E-state index in [9.17, 15) is 17.2 Å². The van der Waals surface area contributed by atoms with Crippen LogP contribution in [0.3, 0.4) is 0 Å². The molecule has 0 atom stereocenters. The molecular formula is C31H32F2N6O3S. The Kier molecular flexibility index (Phi) is 7.99. The van der Waals surface area contributed by atoms with Crippen LogP contribution in [0.15, 0.2) is 73.3 Å². The van der Waals surface area contributed by atoms with Crippen molar-refractivity contribution in [2.45, 2.75) is 25.6 Å². The fourth-order valence-corrected chi connectivity index (χ4v) is 5.75. The summed E-state index contributed by atoms with van der Waals surface area (Å²) in [6, 6.07) is 14.1. The molecule has 0 unspecified atom stereocenters. The molecule has 0 radical (unpaired) electrons. The molecule has 1 aliphatic rings. The van der Waals surface area contributed by atoms with Crippen LogP contribution >= 0.6 is 0 Å². The first kappa shape index (κ1) is 29.0. The summed E-state index contributed by atoms with van der Waals surface area (Å²) in [5, 5.41) is 3.85. The maximum atomic E-state index is 14.8. The molecule has 1 saturated heterocycles. The van der Waals surface area contributed by atoms with Crippen molar-refractivity contribution in [3.8, 4) is 27.9 Å². The summed E-state index contributed by atoms with van der Waals surface area (Å²) in [5.41, 5.74) is 4.78. The Hall–Kier alpha value is -4.13. The van der Waals surface area contributed by atoms with Gasteiger partial charge in [-0.3, -0.25) is 18.9 Å². The number of morpholine rings is 1. The molecule has 0 saturated carbocycles. The van der Waals surface area contributed by atoms with E-state index in [1.807, 2.05) is 39.8 Å². The normalized spacial score (nSPS) is 14.5. The molecule has 0 aliphatic carbocycles. The maximum absolute atomic E-state index is 14.8. The van der Waals surface area contributed by atoms with Gasteiger partial charge in [-0.1, -0.05) is 6.07 Å². The number of nitrogens with zero attached hydrogens (tertiary/aromatic N) is 5. The molecular weight excluding hydrogens is 574 g/mol. The number of fused-ring (bicyclic) bond motifs is 1. The van der Waals surface area contributed by atoms with E-state index in [4.69, 9.17) is 4.74 Å². The van der Waals surface area contributed by atoms with Gasteiger partial charge in [0.25, 0.3) is 0 Å². The molecule has 2 aromatic heterocycles. The number of anilines is 1. The van der Waals surface area contributed by atoms with E-state index in [-0.39, 0.29) is 11.3 Å². The van der Waals surface area contributed by atoms with Crippen LogP contribution < -0.4 is 4.72 Å². The van der Waals surface area contributed by atoms with Gasteiger partial charge in [-0.2, -0.15) is 5.10 Å².